The van der Waals surface area contributed by atoms with Crippen molar-refractivity contribution in [3.05, 3.63) is 34.7 Å². The number of carboxylic acid groups (broad SMARTS) is 1. The van der Waals surface area contributed by atoms with Gasteiger partial charge in [0.05, 0.1) is 13.1 Å². The Bertz CT molecular complexity index is 663. The molecule has 2 rings (SSSR count). The largest absolute Gasteiger partial charge is 0.491 e. The van der Waals surface area contributed by atoms with E-state index < -0.39 is 0 Å². The predicted molar refractivity (Wildman–Crippen MR) is 95.3 cm³/mol. The molecule has 0 unspecified atom stereocenters. The fraction of sp³-hybridized carbons (Fsp3) is 0.438. The van der Waals surface area contributed by atoms with E-state index in [0.29, 0.717) is 36.6 Å². The van der Waals surface area contributed by atoms with Crippen molar-refractivity contribution in [2.75, 3.05) is 39.2 Å². The van der Waals surface area contributed by atoms with Crippen molar-refractivity contribution in [1.82, 2.24) is 15.1 Å². The first-order valence-electron chi connectivity index (χ1n) is 7.52. The third-order valence-electron chi connectivity index (χ3n) is 3.06. The highest BCUT2D eigenvalue weighted by molar-refractivity contribution is 6.30. The van der Waals surface area contributed by atoms with Crippen LogP contribution in [0.3, 0.4) is 0 Å². The number of ether oxygens (including phenoxy) is 1. The summed E-state index contributed by atoms with van der Waals surface area (Å²) < 4.78 is 11.3. The van der Waals surface area contributed by atoms with Crippen molar-refractivity contribution in [3.8, 4) is 5.75 Å². The van der Waals surface area contributed by atoms with Crippen LogP contribution in [0.25, 0.3) is 0 Å². The number of rotatable bonds is 7. The summed E-state index contributed by atoms with van der Waals surface area (Å²) in [5.41, 5.74) is 1.02. The van der Waals surface area contributed by atoms with E-state index in [-0.39, 0.29) is 6.47 Å². The average Bonchev–Trinajstić information content (AvgIpc) is 2.98. The molecule has 0 saturated heterocycles. The van der Waals surface area contributed by atoms with Gasteiger partial charge in [0.25, 0.3) is 6.47 Å². The van der Waals surface area contributed by atoms with Gasteiger partial charge in [-0.25, -0.2) is 0 Å². The Kier molecular flexibility index (Phi) is 8.73. The second-order valence-electron chi connectivity index (χ2n) is 5.50. The van der Waals surface area contributed by atoms with Crippen molar-refractivity contribution < 1.29 is 19.1 Å². The maximum Gasteiger partial charge on any atom is 0.318 e. The molecule has 0 amide bonds. The number of aromatic nitrogens is 2. The number of hydrogen-bond donors (Lipinski definition) is 1. The Morgan fingerprint density at radius 2 is 2.00 bits per heavy atom. The Hall–Kier alpha value is -2.32. The van der Waals surface area contributed by atoms with Gasteiger partial charge in [-0.2, -0.15) is 0 Å². The first kappa shape index (κ1) is 20.7. The lowest BCUT2D eigenvalue weighted by molar-refractivity contribution is -0.122. The van der Waals surface area contributed by atoms with E-state index in [2.05, 4.69) is 10.2 Å². The fourth-order valence-electron chi connectivity index (χ4n) is 1.90. The Morgan fingerprint density at radius 1 is 1.32 bits per heavy atom. The third kappa shape index (κ3) is 7.40. The van der Waals surface area contributed by atoms with Gasteiger partial charge in [-0.1, -0.05) is 16.7 Å². The van der Waals surface area contributed by atoms with Gasteiger partial charge in [0.15, 0.2) is 0 Å². The molecule has 138 valence electrons. The SMILES string of the molecule is Cc1cc(Cl)ccc1OCCN(C)c1nnc(CN(C)C)o1.O=CO. The van der Waals surface area contributed by atoms with Gasteiger partial charge in [-0.05, 0) is 44.8 Å². The number of halogens is 1. The number of aryl methyl sites for hydroxylation is 1. The van der Waals surface area contributed by atoms with Gasteiger partial charge in [0.1, 0.15) is 12.4 Å². The number of nitrogens with zero attached hydrogens (tertiary/aromatic N) is 4. The lowest BCUT2D eigenvalue weighted by Crippen LogP contribution is -2.24. The van der Waals surface area contributed by atoms with Crippen LogP contribution in [-0.4, -0.2) is 61.0 Å². The van der Waals surface area contributed by atoms with E-state index in [0.717, 1.165) is 11.3 Å². The quantitative estimate of drug-likeness (QED) is 0.742. The van der Waals surface area contributed by atoms with Crippen LogP contribution in [-0.2, 0) is 11.3 Å². The molecule has 1 aromatic carbocycles. The molecule has 1 aromatic heterocycles. The smallest absolute Gasteiger partial charge is 0.318 e. The molecule has 0 fully saturated rings. The van der Waals surface area contributed by atoms with Gasteiger partial charge in [0, 0.05) is 12.1 Å². The molecule has 0 spiro atoms. The molecule has 0 bridgehead atoms. The summed E-state index contributed by atoms with van der Waals surface area (Å²) in [6.45, 7) is 3.51. The standard InChI is InChI=1S/C15H21ClN4O2.CH2O2/c1-11-9-12(16)5-6-13(11)21-8-7-20(4)15-18-17-14(22-15)10-19(2)3;2-1-3/h5-6,9H,7-8,10H2,1-4H3;1H,(H,2,3). The van der Waals surface area contributed by atoms with E-state index in [1.54, 1.807) is 0 Å². The van der Waals surface area contributed by atoms with Gasteiger partial charge in [-0.3, -0.25) is 4.79 Å². The molecule has 0 atom stereocenters. The molecule has 0 aliphatic rings. The number of hydrogen-bond acceptors (Lipinski definition) is 7. The summed E-state index contributed by atoms with van der Waals surface area (Å²) in [5.74, 6) is 1.43. The molecular formula is C16H23ClN4O4. The second-order valence-corrected chi connectivity index (χ2v) is 5.94. The van der Waals surface area contributed by atoms with Crippen LogP contribution < -0.4 is 9.64 Å². The van der Waals surface area contributed by atoms with Crippen molar-refractivity contribution in [3.63, 3.8) is 0 Å². The summed E-state index contributed by atoms with van der Waals surface area (Å²) >= 11 is 5.92. The third-order valence-corrected chi connectivity index (χ3v) is 3.29. The second kappa shape index (κ2) is 10.5. The topological polar surface area (TPSA) is 91.9 Å². The monoisotopic (exact) mass is 370 g/mol. The average molecular weight is 371 g/mol. The molecule has 1 heterocycles. The first-order chi connectivity index (χ1) is 11.9. The molecular weight excluding hydrogens is 348 g/mol. The molecule has 2 aromatic rings. The van der Waals surface area contributed by atoms with Crippen LogP contribution in [0.2, 0.25) is 5.02 Å². The maximum atomic E-state index is 8.36. The van der Waals surface area contributed by atoms with E-state index in [4.69, 9.17) is 30.7 Å². The van der Waals surface area contributed by atoms with Gasteiger partial charge in [-0.15, -0.1) is 5.10 Å². The number of carbonyl (C=O) groups is 1. The zero-order valence-electron chi connectivity index (χ0n) is 14.8. The van der Waals surface area contributed by atoms with Gasteiger partial charge < -0.3 is 24.1 Å². The molecule has 0 radical (unpaired) electrons. The zero-order valence-corrected chi connectivity index (χ0v) is 15.5. The van der Waals surface area contributed by atoms with Crippen molar-refractivity contribution >= 4 is 24.1 Å². The lowest BCUT2D eigenvalue weighted by Gasteiger charge is -2.15. The maximum absolute atomic E-state index is 8.36. The highest BCUT2D eigenvalue weighted by atomic mass is 35.5. The minimum atomic E-state index is -0.250. The minimum Gasteiger partial charge on any atom is -0.491 e. The summed E-state index contributed by atoms with van der Waals surface area (Å²) in [6, 6.07) is 6.07. The Labute approximate surface area is 152 Å². The van der Waals surface area contributed by atoms with Crippen LogP contribution in [0, 0.1) is 6.92 Å². The van der Waals surface area contributed by atoms with Crippen LogP contribution in [0.4, 0.5) is 6.01 Å². The van der Waals surface area contributed by atoms with Crippen molar-refractivity contribution in [2.24, 2.45) is 0 Å². The molecule has 25 heavy (non-hydrogen) atoms. The Balaban J connectivity index is 0.000000970. The predicted octanol–water partition coefficient (Wildman–Crippen LogP) is 2.31. The van der Waals surface area contributed by atoms with Crippen LogP contribution in [0.5, 0.6) is 5.75 Å². The Morgan fingerprint density at radius 3 is 2.60 bits per heavy atom. The van der Waals surface area contributed by atoms with Crippen LogP contribution in [0.1, 0.15) is 11.5 Å². The number of benzene rings is 1. The van der Waals surface area contributed by atoms with E-state index in [1.165, 1.54) is 0 Å². The normalized spacial score (nSPS) is 10.2. The van der Waals surface area contributed by atoms with Crippen molar-refractivity contribution in [2.45, 2.75) is 13.5 Å². The summed E-state index contributed by atoms with van der Waals surface area (Å²) in [4.78, 5) is 12.2. The zero-order chi connectivity index (χ0) is 18.8. The van der Waals surface area contributed by atoms with Crippen LogP contribution >= 0.6 is 11.6 Å². The highest BCUT2D eigenvalue weighted by Crippen LogP contribution is 2.21. The molecule has 0 aliphatic heterocycles. The first-order valence-corrected chi connectivity index (χ1v) is 7.90. The van der Waals surface area contributed by atoms with E-state index in [1.807, 2.05) is 56.1 Å². The van der Waals surface area contributed by atoms with Crippen LogP contribution in [0.15, 0.2) is 22.6 Å². The highest BCUT2D eigenvalue weighted by Gasteiger charge is 2.11. The van der Waals surface area contributed by atoms with E-state index in [9.17, 15) is 0 Å². The molecule has 0 saturated carbocycles. The lowest BCUT2D eigenvalue weighted by atomic mass is 10.2. The molecule has 1 N–H and O–H groups in total. The van der Waals surface area contributed by atoms with E-state index >= 15 is 0 Å². The van der Waals surface area contributed by atoms with Gasteiger partial charge >= 0.3 is 6.01 Å². The molecule has 9 heteroatoms. The number of anilines is 1. The van der Waals surface area contributed by atoms with Crippen molar-refractivity contribution in [1.29, 1.82) is 0 Å². The molecule has 0 aliphatic carbocycles. The summed E-state index contributed by atoms with van der Waals surface area (Å²) in [7, 11) is 5.80. The molecule has 8 nitrogen and oxygen atoms in total. The van der Waals surface area contributed by atoms with Gasteiger partial charge in [0.2, 0.25) is 5.89 Å². The fourth-order valence-corrected chi connectivity index (χ4v) is 2.12. The number of likely N-dealkylation sites (N-methyl/N-ethyl adjacent to an activating group) is 1. The summed E-state index contributed by atoms with van der Waals surface area (Å²) in [5, 5.41) is 15.6. The minimum absolute atomic E-state index is 0.250. The summed E-state index contributed by atoms with van der Waals surface area (Å²) in [6.07, 6.45) is 0.